The Morgan fingerprint density at radius 3 is 2.83 bits per heavy atom. The minimum atomic E-state index is 1.22. The molecule has 1 aliphatic heterocycles. The molecule has 0 amide bonds. The number of hydrogen-bond acceptors (Lipinski definition) is 4. The predicted octanol–water partition coefficient (Wildman–Crippen LogP) is 1.20. The molecule has 0 atom stereocenters. The van der Waals surface area contributed by atoms with Crippen LogP contribution in [0.4, 0.5) is 0 Å². The Labute approximate surface area is 39.0 Å². The van der Waals surface area contributed by atoms with Gasteiger partial charge in [-0.1, -0.05) is 9.62 Å². The van der Waals surface area contributed by atoms with E-state index in [2.05, 4.69) is 20.7 Å². The molecule has 0 saturated heterocycles. The van der Waals surface area contributed by atoms with Crippen molar-refractivity contribution in [3.8, 4) is 0 Å². The third kappa shape index (κ3) is 0.672. The first-order valence-corrected chi connectivity index (χ1v) is 2.17. The summed E-state index contributed by atoms with van der Waals surface area (Å²) >= 11 is 1.22. The molecule has 4 heteroatoms. The molecule has 0 aliphatic carbocycles. The van der Waals surface area contributed by atoms with Gasteiger partial charge < -0.3 is 0 Å². The summed E-state index contributed by atoms with van der Waals surface area (Å²) in [6.45, 7) is 0. The maximum atomic E-state index is 3.43. The smallest absolute Gasteiger partial charge is 0.0596 e. The molecule has 0 unspecified atom stereocenters. The second kappa shape index (κ2) is 1.74. The van der Waals surface area contributed by atoms with Crippen LogP contribution in [0, 0.1) is 0 Å². The fourth-order valence-corrected chi connectivity index (χ4v) is 0.356. The summed E-state index contributed by atoms with van der Waals surface area (Å²) in [4.78, 5) is 0. The molecule has 0 aromatic rings. The van der Waals surface area contributed by atoms with Gasteiger partial charge in [-0.05, 0) is 5.22 Å². The standard InChI is InChI=1S/C2HN3S/c1-2-6-5-4-3-1/h2H. The summed E-state index contributed by atoms with van der Waals surface area (Å²) in [5.74, 6) is 2.49. The first-order chi connectivity index (χ1) is 3.00. The van der Waals surface area contributed by atoms with E-state index in [1.165, 1.54) is 11.9 Å². The van der Waals surface area contributed by atoms with Crippen molar-refractivity contribution in [1.29, 1.82) is 0 Å². The van der Waals surface area contributed by atoms with Gasteiger partial charge in [-0.15, -0.1) is 0 Å². The largest absolute Gasteiger partial charge is 0.0901 e. The SMILES string of the molecule is C1=CSN=NN=1. The lowest BCUT2D eigenvalue weighted by atomic mass is 11.2. The average molecular weight is 99.1 g/mol. The van der Waals surface area contributed by atoms with E-state index in [9.17, 15) is 0 Å². The molecule has 0 radical (unpaired) electrons. The molecule has 1 aliphatic rings. The van der Waals surface area contributed by atoms with Crippen molar-refractivity contribution < 1.29 is 0 Å². The molecular weight excluding hydrogens is 98.1 g/mol. The van der Waals surface area contributed by atoms with Gasteiger partial charge >= 0.3 is 0 Å². The third-order valence-corrected chi connectivity index (χ3v) is 0.670. The van der Waals surface area contributed by atoms with Gasteiger partial charge in [0.25, 0.3) is 0 Å². The molecule has 1 rings (SSSR count). The van der Waals surface area contributed by atoms with E-state index in [1.807, 2.05) is 0 Å². The van der Waals surface area contributed by atoms with Crippen molar-refractivity contribution in [2.24, 2.45) is 14.8 Å². The highest BCUT2D eigenvalue weighted by molar-refractivity contribution is 8.01. The van der Waals surface area contributed by atoms with Gasteiger partial charge in [-0.25, -0.2) is 0 Å². The molecule has 0 N–H and O–H groups in total. The molecule has 0 fully saturated rings. The van der Waals surface area contributed by atoms with Crippen molar-refractivity contribution in [3.05, 3.63) is 5.41 Å². The molecule has 0 aromatic carbocycles. The zero-order valence-electron chi connectivity index (χ0n) is 2.83. The van der Waals surface area contributed by atoms with Gasteiger partial charge in [-0.3, -0.25) is 0 Å². The van der Waals surface area contributed by atoms with Gasteiger partial charge in [0.05, 0.1) is 5.41 Å². The minimum absolute atomic E-state index is 1.22. The lowest BCUT2D eigenvalue weighted by Gasteiger charge is -1.74. The number of hydrogen-bond donors (Lipinski definition) is 0. The van der Waals surface area contributed by atoms with Gasteiger partial charge in [0.1, 0.15) is 0 Å². The summed E-state index contributed by atoms with van der Waals surface area (Å²) in [7, 11) is 0. The second-order valence-electron chi connectivity index (χ2n) is 0.623. The lowest BCUT2D eigenvalue weighted by Crippen LogP contribution is -1.53. The molecule has 3 nitrogen and oxygen atoms in total. The van der Waals surface area contributed by atoms with E-state index in [0.29, 0.717) is 0 Å². The van der Waals surface area contributed by atoms with Crippen LogP contribution in [0.5, 0.6) is 0 Å². The maximum absolute atomic E-state index is 3.43. The van der Waals surface area contributed by atoms with Crippen LogP contribution in [0.25, 0.3) is 0 Å². The quantitative estimate of drug-likeness (QED) is 0.420. The van der Waals surface area contributed by atoms with E-state index >= 15 is 0 Å². The zero-order valence-corrected chi connectivity index (χ0v) is 3.64. The molecule has 0 saturated carbocycles. The van der Waals surface area contributed by atoms with Crippen molar-refractivity contribution in [2.75, 3.05) is 0 Å². The van der Waals surface area contributed by atoms with Gasteiger partial charge in [0.15, 0.2) is 0 Å². The van der Waals surface area contributed by atoms with Crippen LogP contribution >= 0.6 is 11.9 Å². The van der Waals surface area contributed by atoms with Crippen molar-refractivity contribution in [2.45, 2.75) is 0 Å². The van der Waals surface area contributed by atoms with E-state index in [1.54, 1.807) is 5.41 Å². The molecular formula is C2HN3S. The van der Waals surface area contributed by atoms with E-state index < -0.39 is 0 Å². The van der Waals surface area contributed by atoms with Gasteiger partial charge in [0, 0.05) is 17.8 Å². The Morgan fingerprint density at radius 1 is 1.67 bits per heavy atom. The monoisotopic (exact) mass is 99.0 g/mol. The highest BCUT2D eigenvalue weighted by atomic mass is 32.2. The van der Waals surface area contributed by atoms with Gasteiger partial charge in [-0.2, -0.15) is 0 Å². The van der Waals surface area contributed by atoms with Crippen LogP contribution in [0.3, 0.4) is 0 Å². The van der Waals surface area contributed by atoms with Crippen LogP contribution in [-0.4, -0.2) is 5.87 Å². The number of rotatable bonds is 0. The van der Waals surface area contributed by atoms with Crippen LogP contribution in [0.2, 0.25) is 0 Å². The van der Waals surface area contributed by atoms with E-state index in [4.69, 9.17) is 0 Å². The Hall–Kier alpha value is -0.600. The van der Waals surface area contributed by atoms with E-state index in [-0.39, 0.29) is 0 Å². The topological polar surface area (TPSA) is 37.1 Å². The first-order valence-electron chi connectivity index (χ1n) is 1.33. The highest BCUT2D eigenvalue weighted by Gasteiger charge is 1.73. The van der Waals surface area contributed by atoms with Gasteiger partial charge in [0.2, 0.25) is 0 Å². The summed E-state index contributed by atoms with van der Waals surface area (Å²) in [5, 5.41) is 8.19. The van der Waals surface area contributed by atoms with Crippen molar-refractivity contribution >= 4 is 17.8 Å². The Morgan fingerprint density at radius 2 is 2.67 bits per heavy atom. The van der Waals surface area contributed by atoms with E-state index in [0.717, 1.165) is 0 Å². The first kappa shape index (κ1) is 3.59. The minimum Gasteiger partial charge on any atom is -0.0901 e. The third-order valence-electron chi connectivity index (χ3n) is 0.292. The second-order valence-corrected chi connectivity index (χ2v) is 1.23. The predicted molar refractivity (Wildman–Crippen MR) is 24.5 cm³/mol. The molecule has 30 valence electrons. The Kier molecular flexibility index (Phi) is 1.04. The summed E-state index contributed by atoms with van der Waals surface area (Å²) in [5.41, 5.74) is 0. The summed E-state index contributed by atoms with van der Waals surface area (Å²) < 4.78 is 3.43. The van der Waals surface area contributed by atoms with Crippen LogP contribution < -0.4 is 0 Å². The van der Waals surface area contributed by atoms with Crippen molar-refractivity contribution in [3.63, 3.8) is 0 Å². The van der Waals surface area contributed by atoms with Crippen molar-refractivity contribution in [1.82, 2.24) is 0 Å². The normalized spacial score (nSPS) is 16.0. The summed E-state index contributed by atoms with van der Waals surface area (Å²) in [6.07, 6.45) is 0. The molecule has 1 heterocycles. The number of nitrogens with zero attached hydrogens (tertiary/aromatic N) is 3. The maximum Gasteiger partial charge on any atom is 0.0596 e. The zero-order chi connectivity index (χ0) is 4.24. The molecule has 0 spiro atoms. The van der Waals surface area contributed by atoms with Crippen LogP contribution in [0.1, 0.15) is 0 Å². The average Bonchev–Trinajstić information content (AvgIpc) is 1.72. The summed E-state index contributed by atoms with van der Waals surface area (Å²) in [6, 6.07) is 0. The fraction of sp³-hybridized carbons (Fsp3) is 0. The molecule has 0 aromatic heterocycles. The highest BCUT2D eigenvalue weighted by Crippen LogP contribution is 2.03. The molecule has 6 heavy (non-hydrogen) atoms. The molecule has 0 bridgehead atoms. The Bertz CT molecular complexity index is 121. The van der Waals surface area contributed by atoms with Crippen LogP contribution in [-0.2, 0) is 0 Å². The van der Waals surface area contributed by atoms with Crippen LogP contribution in [0.15, 0.2) is 20.3 Å². The fourth-order valence-electron chi connectivity index (χ4n) is 0.136. The lowest BCUT2D eigenvalue weighted by molar-refractivity contribution is 1.12. The Balaban J connectivity index is 2.78.